The van der Waals surface area contributed by atoms with Gasteiger partial charge in [-0.15, -0.1) is 0 Å². The number of carbonyl (C=O) groups is 2. The second kappa shape index (κ2) is 9.68. The lowest BCUT2D eigenvalue weighted by molar-refractivity contribution is 0.0954. The molecule has 156 valence electrons. The highest BCUT2D eigenvalue weighted by atomic mass is 16.5. The highest BCUT2D eigenvalue weighted by Crippen LogP contribution is 2.40. The van der Waals surface area contributed by atoms with E-state index in [4.69, 9.17) is 18.9 Å². The molecule has 0 saturated heterocycles. The third-order valence-corrected chi connectivity index (χ3v) is 4.45. The molecule has 0 radical (unpaired) electrons. The molecule has 0 unspecified atom stereocenters. The average molecular weight is 404 g/mol. The molecule has 0 spiro atoms. The fraction of sp³-hybridized carbons (Fsp3) is 0.333. The summed E-state index contributed by atoms with van der Waals surface area (Å²) in [5.41, 5.74) is 0.174. The first-order chi connectivity index (χ1) is 13.9. The molecule has 2 N–H and O–H groups in total. The molecule has 29 heavy (non-hydrogen) atoms. The SMILES string of the molecule is COc1ccc(C(=O)CCCC(=O)c2ccc(OC)c(OC)c2O)c(O)c1OC. The van der Waals surface area contributed by atoms with Crippen LogP contribution in [0.4, 0.5) is 0 Å². The van der Waals surface area contributed by atoms with Crippen molar-refractivity contribution in [1.29, 1.82) is 0 Å². The molecule has 8 heteroatoms. The van der Waals surface area contributed by atoms with E-state index in [0.29, 0.717) is 11.5 Å². The molecule has 0 aliphatic rings. The summed E-state index contributed by atoms with van der Waals surface area (Å²) in [7, 11) is 5.57. The predicted octanol–water partition coefficient (Wildman–Crippen LogP) is 3.37. The molecule has 2 rings (SSSR count). The van der Waals surface area contributed by atoms with Gasteiger partial charge in [0.25, 0.3) is 0 Å². The molecule has 0 atom stereocenters. The number of phenolic OH excluding ortho intramolecular Hbond substituents is 2. The van der Waals surface area contributed by atoms with Crippen molar-refractivity contribution in [3.05, 3.63) is 35.4 Å². The lowest BCUT2D eigenvalue weighted by Gasteiger charge is -2.13. The number of carbonyl (C=O) groups excluding carboxylic acids is 2. The van der Waals surface area contributed by atoms with Gasteiger partial charge >= 0.3 is 0 Å². The van der Waals surface area contributed by atoms with Crippen molar-refractivity contribution in [3.8, 4) is 34.5 Å². The van der Waals surface area contributed by atoms with Gasteiger partial charge in [0, 0.05) is 12.8 Å². The molecule has 0 heterocycles. The van der Waals surface area contributed by atoms with Gasteiger partial charge < -0.3 is 29.2 Å². The van der Waals surface area contributed by atoms with E-state index in [9.17, 15) is 19.8 Å². The van der Waals surface area contributed by atoms with Crippen LogP contribution in [0, 0.1) is 0 Å². The number of ketones is 2. The normalized spacial score (nSPS) is 10.3. The first kappa shape index (κ1) is 21.9. The van der Waals surface area contributed by atoms with Crippen molar-refractivity contribution < 1.29 is 38.7 Å². The molecule has 2 aromatic rings. The van der Waals surface area contributed by atoms with E-state index in [1.165, 1.54) is 52.7 Å². The van der Waals surface area contributed by atoms with Gasteiger partial charge in [-0.1, -0.05) is 0 Å². The van der Waals surface area contributed by atoms with Gasteiger partial charge in [-0.25, -0.2) is 0 Å². The fourth-order valence-electron chi connectivity index (χ4n) is 2.95. The highest BCUT2D eigenvalue weighted by molar-refractivity contribution is 6.02. The van der Waals surface area contributed by atoms with Crippen LogP contribution < -0.4 is 18.9 Å². The van der Waals surface area contributed by atoms with Crippen molar-refractivity contribution >= 4 is 11.6 Å². The first-order valence-electron chi connectivity index (χ1n) is 8.83. The minimum atomic E-state index is -0.340. The van der Waals surface area contributed by atoms with Crippen LogP contribution in [0.5, 0.6) is 34.5 Å². The summed E-state index contributed by atoms with van der Waals surface area (Å²) in [6.07, 6.45) is 0.297. The van der Waals surface area contributed by atoms with Crippen molar-refractivity contribution in [2.45, 2.75) is 19.3 Å². The number of benzene rings is 2. The monoisotopic (exact) mass is 404 g/mol. The Bertz CT molecular complexity index is 831. The van der Waals surface area contributed by atoms with Gasteiger partial charge in [0.2, 0.25) is 11.5 Å². The van der Waals surface area contributed by atoms with Gasteiger partial charge in [-0.3, -0.25) is 9.59 Å². The lowest BCUT2D eigenvalue weighted by atomic mass is 10.00. The minimum absolute atomic E-state index is 0.0306. The zero-order valence-corrected chi connectivity index (χ0v) is 16.8. The third kappa shape index (κ3) is 4.53. The Hall–Kier alpha value is -3.42. The van der Waals surface area contributed by atoms with Crippen molar-refractivity contribution in [2.24, 2.45) is 0 Å². The molecule has 0 bridgehead atoms. The molecule has 0 saturated carbocycles. The standard InChI is InChI=1S/C21H24O8/c1-26-16-10-8-12(18(24)20(16)28-3)14(22)6-5-7-15(23)13-9-11-17(27-2)21(29-4)19(13)25/h8-11,24-25H,5-7H2,1-4H3. The van der Waals surface area contributed by atoms with Gasteiger partial charge in [0.05, 0.1) is 39.6 Å². The Kier molecular flexibility index (Phi) is 7.30. The number of phenols is 2. The van der Waals surface area contributed by atoms with Crippen LogP contribution in [-0.4, -0.2) is 50.2 Å². The molecule has 0 aromatic heterocycles. The van der Waals surface area contributed by atoms with E-state index >= 15 is 0 Å². The Morgan fingerprint density at radius 2 is 1.07 bits per heavy atom. The largest absolute Gasteiger partial charge is 0.504 e. The number of rotatable bonds is 10. The van der Waals surface area contributed by atoms with Crippen LogP contribution in [0.2, 0.25) is 0 Å². The van der Waals surface area contributed by atoms with E-state index in [2.05, 4.69) is 0 Å². The molecule has 0 fully saturated rings. The highest BCUT2D eigenvalue weighted by Gasteiger charge is 2.21. The van der Waals surface area contributed by atoms with E-state index in [1.54, 1.807) is 0 Å². The quantitative estimate of drug-likeness (QED) is 0.580. The number of aromatic hydroxyl groups is 2. The molecule has 0 amide bonds. The molecule has 0 aliphatic carbocycles. The number of hydrogen-bond donors (Lipinski definition) is 2. The van der Waals surface area contributed by atoms with E-state index in [0.717, 1.165) is 0 Å². The summed E-state index contributed by atoms with van der Waals surface area (Å²) in [6.45, 7) is 0. The number of hydrogen-bond acceptors (Lipinski definition) is 8. The Morgan fingerprint density at radius 1 is 0.690 bits per heavy atom. The summed E-state index contributed by atoms with van der Waals surface area (Å²) in [5.74, 6) is -0.530. The zero-order valence-electron chi connectivity index (χ0n) is 16.8. The second-order valence-electron chi connectivity index (χ2n) is 6.09. The van der Waals surface area contributed by atoms with Gasteiger partial charge in [0.15, 0.2) is 34.6 Å². The van der Waals surface area contributed by atoms with Crippen LogP contribution in [0.25, 0.3) is 0 Å². The Balaban J connectivity index is 2.07. The number of Topliss-reactive ketones (excluding diaryl/α,β-unsaturated/α-hetero) is 2. The predicted molar refractivity (Wildman–Crippen MR) is 105 cm³/mol. The third-order valence-electron chi connectivity index (χ3n) is 4.45. The lowest BCUT2D eigenvalue weighted by Crippen LogP contribution is -2.05. The molecular weight excluding hydrogens is 380 g/mol. The second-order valence-corrected chi connectivity index (χ2v) is 6.09. The number of ether oxygens (including phenoxy) is 4. The van der Waals surface area contributed by atoms with Gasteiger partial charge in [0.1, 0.15) is 0 Å². The summed E-state index contributed by atoms with van der Waals surface area (Å²) >= 11 is 0. The minimum Gasteiger partial charge on any atom is -0.504 e. The Morgan fingerprint density at radius 3 is 1.38 bits per heavy atom. The smallest absolute Gasteiger partial charge is 0.203 e. The maximum Gasteiger partial charge on any atom is 0.203 e. The summed E-state index contributed by atoms with van der Waals surface area (Å²) in [4.78, 5) is 24.9. The molecular formula is C21H24O8. The summed E-state index contributed by atoms with van der Waals surface area (Å²) in [5, 5.41) is 20.5. The van der Waals surface area contributed by atoms with E-state index in [-0.39, 0.29) is 65.0 Å². The molecule has 0 aliphatic heterocycles. The maximum atomic E-state index is 12.4. The Labute approximate surface area is 168 Å². The van der Waals surface area contributed by atoms with Gasteiger partial charge in [-0.2, -0.15) is 0 Å². The van der Waals surface area contributed by atoms with Crippen LogP contribution in [0.15, 0.2) is 24.3 Å². The fourth-order valence-corrected chi connectivity index (χ4v) is 2.95. The van der Waals surface area contributed by atoms with Gasteiger partial charge in [-0.05, 0) is 30.7 Å². The van der Waals surface area contributed by atoms with Crippen LogP contribution in [-0.2, 0) is 0 Å². The van der Waals surface area contributed by atoms with Crippen LogP contribution >= 0.6 is 0 Å². The van der Waals surface area contributed by atoms with E-state index < -0.39 is 0 Å². The van der Waals surface area contributed by atoms with E-state index in [1.807, 2.05) is 0 Å². The number of methoxy groups -OCH3 is 4. The first-order valence-corrected chi connectivity index (χ1v) is 8.83. The van der Waals surface area contributed by atoms with Crippen LogP contribution in [0.3, 0.4) is 0 Å². The topological polar surface area (TPSA) is 112 Å². The average Bonchev–Trinajstić information content (AvgIpc) is 2.72. The zero-order chi connectivity index (χ0) is 21.6. The summed E-state index contributed by atoms with van der Waals surface area (Å²) < 4.78 is 20.3. The molecule has 8 nitrogen and oxygen atoms in total. The van der Waals surface area contributed by atoms with Crippen LogP contribution in [0.1, 0.15) is 40.0 Å². The van der Waals surface area contributed by atoms with Crippen molar-refractivity contribution in [2.75, 3.05) is 28.4 Å². The summed E-state index contributed by atoms with van der Waals surface area (Å²) in [6, 6.07) is 5.94. The maximum absolute atomic E-state index is 12.4. The van der Waals surface area contributed by atoms with Crippen molar-refractivity contribution in [1.82, 2.24) is 0 Å². The van der Waals surface area contributed by atoms with Crippen molar-refractivity contribution in [3.63, 3.8) is 0 Å². The molecule has 2 aromatic carbocycles.